The Bertz CT molecular complexity index is 1160. The number of hydrogen-bond acceptors (Lipinski definition) is 8. The molecule has 3 aromatic heterocycles. The summed E-state index contributed by atoms with van der Waals surface area (Å²) in [5, 5.41) is 31.8. The first-order valence-corrected chi connectivity index (χ1v) is 9.80. The van der Waals surface area contributed by atoms with Gasteiger partial charge in [-0.25, -0.2) is 4.98 Å². The molecular formula is C20H19F3N6O3. The van der Waals surface area contributed by atoms with Crippen LogP contribution in [0, 0.1) is 0 Å². The van der Waals surface area contributed by atoms with Gasteiger partial charge in [0.1, 0.15) is 17.1 Å². The highest BCUT2D eigenvalue weighted by Gasteiger charge is 2.32. The van der Waals surface area contributed by atoms with Crippen molar-refractivity contribution in [1.29, 1.82) is 0 Å². The molecule has 1 aliphatic rings. The van der Waals surface area contributed by atoms with Crippen molar-refractivity contribution in [3.63, 3.8) is 0 Å². The number of aromatic nitrogens is 4. The molecule has 1 atom stereocenters. The van der Waals surface area contributed by atoms with Crippen LogP contribution in [0.2, 0.25) is 0 Å². The van der Waals surface area contributed by atoms with Crippen molar-refractivity contribution in [3.05, 3.63) is 36.3 Å². The fourth-order valence-electron chi connectivity index (χ4n) is 3.77. The normalized spacial score (nSPS) is 17.4. The second kappa shape index (κ2) is 8.54. The molecule has 1 fully saturated rings. The van der Waals surface area contributed by atoms with Crippen molar-refractivity contribution < 1.29 is 28.2 Å². The highest BCUT2D eigenvalue weighted by atomic mass is 19.4. The standard InChI is InChI=1S/C20H19F3N6O3/c21-20(22,23)11-6-15(30)18(25-7-11)17-14-8-24-4-3-13(14)19(28-27-17)26-12-2-1-5-29(9-12)10-16(31)32/h3-4,6-8,12,30H,1-2,5,9-10H2,(H,26,28)(H,31,32). The summed E-state index contributed by atoms with van der Waals surface area (Å²) in [6.07, 6.45) is 0.634. The highest BCUT2D eigenvalue weighted by Crippen LogP contribution is 2.37. The van der Waals surface area contributed by atoms with Crippen LogP contribution >= 0.6 is 0 Å². The number of piperidine rings is 1. The maximum absolute atomic E-state index is 12.9. The summed E-state index contributed by atoms with van der Waals surface area (Å²) in [5.41, 5.74) is -1.11. The minimum Gasteiger partial charge on any atom is -0.506 e. The van der Waals surface area contributed by atoms with Crippen molar-refractivity contribution in [2.24, 2.45) is 0 Å². The number of nitrogens with one attached hydrogen (secondary N) is 1. The molecule has 0 amide bonds. The smallest absolute Gasteiger partial charge is 0.418 e. The molecule has 4 heterocycles. The molecule has 1 saturated heterocycles. The SMILES string of the molecule is O=C(O)CN1CCCC(Nc2nnc(-c3ncc(C(F)(F)F)cc3O)c3cnccc23)C1. The van der Waals surface area contributed by atoms with Gasteiger partial charge in [-0.15, -0.1) is 10.2 Å². The van der Waals surface area contributed by atoms with Gasteiger partial charge in [0.05, 0.1) is 12.1 Å². The zero-order chi connectivity index (χ0) is 22.9. The molecule has 0 saturated carbocycles. The maximum atomic E-state index is 12.9. The highest BCUT2D eigenvalue weighted by molar-refractivity contribution is 5.99. The van der Waals surface area contributed by atoms with Crippen LogP contribution in [0.25, 0.3) is 22.2 Å². The average Bonchev–Trinajstić information content (AvgIpc) is 2.73. The number of alkyl halides is 3. The maximum Gasteiger partial charge on any atom is 0.418 e. The second-order valence-corrected chi connectivity index (χ2v) is 7.52. The van der Waals surface area contributed by atoms with E-state index in [1.54, 1.807) is 6.07 Å². The molecule has 0 spiro atoms. The fourth-order valence-corrected chi connectivity index (χ4v) is 3.77. The molecule has 0 aromatic carbocycles. The molecule has 1 unspecified atom stereocenters. The molecule has 0 aliphatic carbocycles. The van der Waals surface area contributed by atoms with Crippen LogP contribution in [0.15, 0.2) is 30.7 Å². The number of fused-ring (bicyclic) bond motifs is 1. The summed E-state index contributed by atoms with van der Waals surface area (Å²) >= 11 is 0. The number of aliphatic carboxylic acids is 1. The Morgan fingerprint density at radius 2 is 2.03 bits per heavy atom. The molecule has 12 heteroatoms. The van der Waals surface area contributed by atoms with Crippen molar-refractivity contribution in [3.8, 4) is 17.1 Å². The van der Waals surface area contributed by atoms with E-state index in [0.717, 1.165) is 12.8 Å². The van der Waals surface area contributed by atoms with E-state index < -0.39 is 23.5 Å². The molecule has 3 N–H and O–H groups in total. The number of pyridine rings is 2. The van der Waals surface area contributed by atoms with E-state index in [4.69, 9.17) is 5.11 Å². The number of rotatable bonds is 5. The van der Waals surface area contributed by atoms with Crippen LogP contribution in [0.1, 0.15) is 18.4 Å². The molecule has 0 bridgehead atoms. The first kappa shape index (κ1) is 21.7. The van der Waals surface area contributed by atoms with Crippen LogP contribution < -0.4 is 5.32 Å². The third-order valence-electron chi connectivity index (χ3n) is 5.21. The van der Waals surface area contributed by atoms with Gasteiger partial charge in [-0.2, -0.15) is 13.2 Å². The topological polar surface area (TPSA) is 124 Å². The summed E-state index contributed by atoms with van der Waals surface area (Å²) in [4.78, 5) is 20.7. The zero-order valence-corrected chi connectivity index (χ0v) is 16.7. The Kier molecular flexibility index (Phi) is 5.78. The monoisotopic (exact) mass is 448 g/mol. The number of aromatic hydroxyl groups is 1. The van der Waals surface area contributed by atoms with Crippen molar-refractivity contribution in [2.75, 3.05) is 25.0 Å². The number of halogens is 3. The lowest BCUT2D eigenvalue weighted by Gasteiger charge is -2.32. The quantitative estimate of drug-likeness (QED) is 0.540. The van der Waals surface area contributed by atoms with Gasteiger partial charge in [-0.05, 0) is 31.5 Å². The molecule has 1 aliphatic heterocycles. The van der Waals surface area contributed by atoms with E-state index in [-0.39, 0.29) is 24.0 Å². The summed E-state index contributed by atoms with van der Waals surface area (Å²) < 4.78 is 38.7. The van der Waals surface area contributed by atoms with Gasteiger partial charge >= 0.3 is 12.1 Å². The van der Waals surface area contributed by atoms with Crippen LogP contribution in [0.4, 0.5) is 19.0 Å². The van der Waals surface area contributed by atoms with Crippen LogP contribution in [0.5, 0.6) is 5.75 Å². The minimum absolute atomic E-state index is 0.0493. The molecule has 0 radical (unpaired) electrons. The molecule has 4 rings (SSSR count). The van der Waals surface area contributed by atoms with Gasteiger partial charge in [-0.1, -0.05) is 0 Å². The first-order chi connectivity index (χ1) is 15.2. The zero-order valence-electron chi connectivity index (χ0n) is 16.7. The Morgan fingerprint density at radius 1 is 1.22 bits per heavy atom. The first-order valence-electron chi connectivity index (χ1n) is 9.80. The fraction of sp³-hybridized carbons (Fsp3) is 0.350. The summed E-state index contributed by atoms with van der Waals surface area (Å²) in [5.74, 6) is -1.13. The third kappa shape index (κ3) is 4.54. The van der Waals surface area contributed by atoms with Gasteiger partial charge in [-0.3, -0.25) is 14.7 Å². The van der Waals surface area contributed by atoms with E-state index in [2.05, 4.69) is 25.5 Å². The number of carboxylic acid groups (broad SMARTS) is 1. The minimum atomic E-state index is -4.64. The lowest BCUT2D eigenvalue weighted by molar-refractivity contribution is -0.139. The lowest BCUT2D eigenvalue weighted by Crippen LogP contribution is -2.44. The Morgan fingerprint density at radius 3 is 2.75 bits per heavy atom. The van der Waals surface area contributed by atoms with E-state index in [1.807, 2.05) is 4.90 Å². The van der Waals surface area contributed by atoms with Crippen LogP contribution in [-0.2, 0) is 11.0 Å². The van der Waals surface area contributed by atoms with Crippen molar-refractivity contribution >= 4 is 22.6 Å². The van der Waals surface area contributed by atoms with Gasteiger partial charge in [0.15, 0.2) is 5.82 Å². The van der Waals surface area contributed by atoms with Crippen LogP contribution in [-0.4, -0.2) is 66.9 Å². The van der Waals surface area contributed by atoms with E-state index in [9.17, 15) is 23.1 Å². The number of carbonyl (C=O) groups is 1. The summed E-state index contributed by atoms with van der Waals surface area (Å²) in [6.45, 7) is 1.16. The van der Waals surface area contributed by atoms with E-state index in [0.29, 0.717) is 41.9 Å². The number of likely N-dealkylation sites (tertiary alicyclic amines) is 1. The van der Waals surface area contributed by atoms with Crippen LogP contribution in [0.3, 0.4) is 0 Å². The largest absolute Gasteiger partial charge is 0.506 e. The average molecular weight is 448 g/mol. The second-order valence-electron chi connectivity index (χ2n) is 7.52. The predicted molar refractivity (Wildman–Crippen MR) is 108 cm³/mol. The molecule has 3 aromatic rings. The molecule has 32 heavy (non-hydrogen) atoms. The number of hydrogen-bond donors (Lipinski definition) is 3. The van der Waals surface area contributed by atoms with Gasteiger partial charge in [0.25, 0.3) is 0 Å². The third-order valence-corrected chi connectivity index (χ3v) is 5.21. The Hall–Kier alpha value is -3.54. The van der Waals surface area contributed by atoms with Gasteiger partial charge < -0.3 is 15.5 Å². The number of carboxylic acids is 1. The van der Waals surface area contributed by atoms with Crippen molar-refractivity contribution in [1.82, 2.24) is 25.1 Å². The van der Waals surface area contributed by atoms with Crippen molar-refractivity contribution in [2.45, 2.75) is 25.1 Å². The molecular weight excluding hydrogens is 429 g/mol. The van der Waals surface area contributed by atoms with Gasteiger partial charge in [0, 0.05) is 41.9 Å². The Labute approximate surface area is 179 Å². The van der Waals surface area contributed by atoms with Gasteiger partial charge in [0.2, 0.25) is 0 Å². The van der Waals surface area contributed by atoms with E-state index in [1.165, 1.54) is 12.4 Å². The number of anilines is 1. The summed E-state index contributed by atoms with van der Waals surface area (Å²) in [6, 6.07) is 2.21. The molecule has 9 nitrogen and oxygen atoms in total. The Balaban J connectivity index is 1.66. The lowest BCUT2D eigenvalue weighted by atomic mass is 10.0. The predicted octanol–water partition coefficient (Wildman–Crippen LogP) is 2.77. The van der Waals surface area contributed by atoms with E-state index >= 15 is 0 Å². The molecule has 168 valence electrons. The summed E-state index contributed by atoms with van der Waals surface area (Å²) in [7, 11) is 0. The number of nitrogens with zero attached hydrogens (tertiary/aromatic N) is 5.